The van der Waals surface area contributed by atoms with Crippen LogP contribution in [-0.4, -0.2) is 36.7 Å². The van der Waals surface area contributed by atoms with Gasteiger partial charge in [-0.2, -0.15) is 0 Å². The number of aromatic nitrogens is 1. The Hall–Kier alpha value is -2.05. The van der Waals surface area contributed by atoms with Crippen molar-refractivity contribution in [1.82, 2.24) is 10.3 Å². The van der Waals surface area contributed by atoms with Crippen LogP contribution in [0.15, 0.2) is 30.5 Å². The lowest BCUT2D eigenvalue weighted by Crippen LogP contribution is -2.32. The van der Waals surface area contributed by atoms with Gasteiger partial charge >= 0.3 is 0 Å². The number of pyridine rings is 1. The van der Waals surface area contributed by atoms with Gasteiger partial charge in [-0.15, -0.1) is 0 Å². The third-order valence-electron chi connectivity index (χ3n) is 3.28. The van der Waals surface area contributed by atoms with E-state index in [4.69, 9.17) is 4.74 Å². The van der Waals surface area contributed by atoms with Crippen LogP contribution in [0, 0.1) is 10.1 Å². The Morgan fingerprint density at radius 2 is 2.25 bits per heavy atom. The van der Waals surface area contributed by atoms with E-state index in [1.54, 1.807) is 19.4 Å². The Bertz CT molecular complexity index is 616. The summed E-state index contributed by atoms with van der Waals surface area (Å²) in [5, 5.41) is 15.0. The van der Waals surface area contributed by atoms with Crippen LogP contribution >= 0.6 is 0 Å². The lowest BCUT2D eigenvalue weighted by molar-refractivity contribution is -0.383. The first-order valence-corrected chi connectivity index (χ1v) is 6.34. The SMILES string of the molecule is CNC(COC)Cc1ccnc2c([N+](=O)[O-])cccc12. The topological polar surface area (TPSA) is 77.3 Å². The summed E-state index contributed by atoms with van der Waals surface area (Å²) in [6.07, 6.45) is 2.34. The fourth-order valence-electron chi connectivity index (χ4n) is 2.25. The van der Waals surface area contributed by atoms with E-state index in [-0.39, 0.29) is 11.7 Å². The van der Waals surface area contributed by atoms with Crippen molar-refractivity contribution in [2.24, 2.45) is 0 Å². The van der Waals surface area contributed by atoms with Gasteiger partial charge in [-0.1, -0.05) is 12.1 Å². The number of hydrogen-bond donors (Lipinski definition) is 1. The number of nitro benzene ring substituents is 1. The molecule has 0 amide bonds. The van der Waals surface area contributed by atoms with Crippen LogP contribution in [0.5, 0.6) is 0 Å². The molecule has 0 radical (unpaired) electrons. The molecule has 2 aromatic rings. The molecular weight excluding hydrogens is 258 g/mol. The Morgan fingerprint density at radius 3 is 2.90 bits per heavy atom. The molecule has 0 fully saturated rings. The molecule has 0 bridgehead atoms. The normalized spacial score (nSPS) is 12.5. The van der Waals surface area contributed by atoms with E-state index in [2.05, 4.69) is 10.3 Å². The monoisotopic (exact) mass is 275 g/mol. The molecule has 106 valence electrons. The number of ether oxygens (including phenoxy) is 1. The van der Waals surface area contributed by atoms with Crippen LogP contribution in [0.2, 0.25) is 0 Å². The third kappa shape index (κ3) is 2.92. The first-order chi connectivity index (χ1) is 9.67. The fourth-order valence-corrected chi connectivity index (χ4v) is 2.25. The zero-order valence-corrected chi connectivity index (χ0v) is 11.5. The van der Waals surface area contributed by atoms with Crippen LogP contribution in [0.1, 0.15) is 5.56 Å². The zero-order chi connectivity index (χ0) is 14.5. The highest BCUT2D eigenvalue weighted by Gasteiger charge is 2.16. The summed E-state index contributed by atoms with van der Waals surface area (Å²) in [6.45, 7) is 0.579. The minimum atomic E-state index is -0.399. The summed E-state index contributed by atoms with van der Waals surface area (Å²) in [6, 6.07) is 7.08. The standard InChI is InChI=1S/C14H17N3O3/c1-15-11(9-20-2)8-10-6-7-16-14-12(10)4-3-5-13(14)17(18)19/h3-7,11,15H,8-9H2,1-2H3. The van der Waals surface area contributed by atoms with E-state index >= 15 is 0 Å². The lowest BCUT2D eigenvalue weighted by Gasteiger charge is -2.16. The molecule has 1 heterocycles. The number of nitrogens with zero attached hydrogens (tertiary/aromatic N) is 2. The average molecular weight is 275 g/mol. The van der Waals surface area contributed by atoms with E-state index in [1.807, 2.05) is 19.2 Å². The summed E-state index contributed by atoms with van der Waals surface area (Å²) >= 11 is 0. The van der Waals surface area contributed by atoms with Crippen LogP contribution < -0.4 is 5.32 Å². The van der Waals surface area contributed by atoms with Crippen molar-refractivity contribution in [3.05, 3.63) is 46.1 Å². The molecule has 1 aromatic heterocycles. The van der Waals surface area contributed by atoms with Crippen molar-refractivity contribution >= 4 is 16.6 Å². The second kappa shape index (κ2) is 6.40. The zero-order valence-electron chi connectivity index (χ0n) is 11.5. The Kier molecular flexibility index (Phi) is 4.60. The Labute approximate surface area is 116 Å². The van der Waals surface area contributed by atoms with Gasteiger partial charge < -0.3 is 10.1 Å². The van der Waals surface area contributed by atoms with Crippen molar-refractivity contribution < 1.29 is 9.66 Å². The minimum Gasteiger partial charge on any atom is -0.383 e. The van der Waals surface area contributed by atoms with E-state index in [9.17, 15) is 10.1 Å². The highest BCUT2D eigenvalue weighted by Crippen LogP contribution is 2.26. The molecule has 2 rings (SSSR count). The quantitative estimate of drug-likeness (QED) is 0.643. The highest BCUT2D eigenvalue weighted by molar-refractivity contribution is 5.89. The maximum absolute atomic E-state index is 11.0. The summed E-state index contributed by atoms with van der Waals surface area (Å²) < 4.78 is 5.15. The molecule has 1 N–H and O–H groups in total. The van der Waals surface area contributed by atoms with Crippen molar-refractivity contribution in [3.8, 4) is 0 Å². The van der Waals surface area contributed by atoms with Gasteiger partial charge in [-0.05, 0) is 25.1 Å². The number of nitrogens with one attached hydrogen (secondary N) is 1. The molecular formula is C14H17N3O3. The third-order valence-corrected chi connectivity index (χ3v) is 3.28. The van der Waals surface area contributed by atoms with Gasteiger partial charge in [0.25, 0.3) is 5.69 Å². The van der Waals surface area contributed by atoms with Crippen molar-refractivity contribution in [1.29, 1.82) is 0 Å². The van der Waals surface area contributed by atoms with Gasteiger partial charge in [0.2, 0.25) is 0 Å². The molecule has 0 saturated carbocycles. The molecule has 0 aliphatic heterocycles. The second-order valence-corrected chi connectivity index (χ2v) is 4.55. The second-order valence-electron chi connectivity index (χ2n) is 4.55. The van der Waals surface area contributed by atoms with Crippen LogP contribution in [0.25, 0.3) is 10.9 Å². The molecule has 0 saturated heterocycles. The Balaban J connectivity index is 2.44. The highest BCUT2D eigenvalue weighted by atomic mass is 16.6. The van der Waals surface area contributed by atoms with Gasteiger partial charge in [0.15, 0.2) is 0 Å². The minimum absolute atomic E-state index is 0.0390. The Morgan fingerprint density at radius 1 is 1.45 bits per heavy atom. The molecule has 0 aliphatic rings. The molecule has 0 spiro atoms. The smallest absolute Gasteiger partial charge is 0.295 e. The lowest BCUT2D eigenvalue weighted by atomic mass is 10.0. The van der Waals surface area contributed by atoms with Gasteiger partial charge in [-0.3, -0.25) is 10.1 Å². The van der Waals surface area contributed by atoms with E-state index in [0.29, 0.717) is 12.1 Å². The van der Waals surface area contributed by atoms with E-state index in [0.717, 1.165) is 17.4 Å². The number of fused-ring (bicyclic) bond motifs is 1. The molecule has 1 unspecified atom stereocenters. The summed E-state index contributed by atoms with van der Waals surface area (Å²) in [7, 11) is 3.52. The van der Waals surface area contributed by atoms with Crippen LogP contribution in [0.3, 0.4) is 0 Å². The number of nitro groups is 1. The molecule has 1 aromatic carbocycles. The summed E-state index contributed by atoms with van der Waals surface area (Å²) in [5.74, 6) is 0. The van der Waals surface area contributed by atoms with Crippen molar-refractivity contribution in [2.45, 2.75) is 12.5 Å². The average Bonchev–Trinajstić information content (AvgIpc) is 2.46. The van der Waals surface area contributed by atoms with Crippen molar-refractivity contribution in [2.75, 3.05) is 20.8 Å². The first kappa shape index (κ1) is 14.4. The molecule has 6 nitrogen and oxygen atoms in total. The van der Waals surface area contributed by atoms with E-state index in [1.165, 1.54) is 6.07 Å². The van der Waals surface area contributed by atoms with Crippen LogP contribution in [0.4, 0.5) is 5.69 Å². The maximum Gasteiger partial charge on any atom is 0.295 e. The number of para-hydroxylation sites is 1. The van der Waals surface area contributed by atoms with Gasteiger partial charge in [0.1, 0.15) is 5.52 Å². The van der Waals surface area contributed by atoms with E-state index < -0.39 is 4.92 Å². The predicted molar refractivity (Wildman–Crippen MR) is 76.8 cm³/mol. The van der Waals surface area contributed by atoms with Gasteiger partial charge in [0, 0.05) is 30.8 Å². The largest absolute Gasteiger partial charge is 0.383 e. The number of methoxy groups -OCH3 is 1. The van der Waals surface area contributed by atoms with Crippen molar-refractivity contribution in [3.63, 3.8) is 0 Å². The van der Waals surface area contributed by atoms with Gasteiger partial charge in [-0.25, -0.2) is 4.98 Å². The molecule has 6 heteroatoms. The number of benzene rings is 1. The summed E-state index contributed by atoms with van der Waals surface area (Å²) in [4.78, 5) is 14.8. The molecule has 20 heavy (non-hydrogen) atoms. The number of non-ortho nitro benzene ring substituents is 1. The number of hydrogen-bond acceptors (Lipinski definition) is 5. The van der Waals surface area contributed by atoms with Gasteiger partial charge in [0.05, 0.1) is 11.5 Å². The molecule has 1 atom stereocenters. The van der Waals surface area contributed by atoms with Crippen LogP contribution in [-0.2, 0) is 11.2 Å². The molecule has 0 aliphatic carbocycles. The summed E-state index contributed by atoms with van der Waals surface area (Å²) in [5.41, 5.74) is 1.49. The fraction of sp³-hybridized carbons (Fsp3) is 0.357. The predicted octanol–water partition coefficient (Wildman–Crippen LogP) is 1.92. The number of likely N-dealkylation sites (N-methyl/N-ethyl adjacent to an activating group) is 1. The maximum atomic E-state index is 11.0. The number of rotatable bonds is 6. The first-order valence-electron chi connectivity index (χ1n) is 6.34.